The van der Waals surface area contributed by atoms with Crippen molar-refractivity contribution in [2.24, 2.45) is 7.05 Å². The van der Waals surface area contributed by atoms with Crippen molar-refractivity contribution < 1.29 is 0 Å². The monoisotopic (exact) mass is 265 g/mol. The zero-order valence-electron chi connectivity index (χ0n) is 10.1. The van der Waals surface area contributed by atoms with Crippen LogP contribution in [0, 0.1) is 0 Å². The van der Waals surface area contributed by atoms with Crippen molar-refractivity contribution in [2.45, 2.75) is 6.42 Å². The summed E-state index contributed by atoms with van der Waals surface area (Å²) in [6.45, 7) is 0.745. The summed E-state index contributed by atoms with van der Waals surface area (Å²) < 4.78 is 2.95. The first-order valence-electron chi connectivity index (χ1n) is 5.60. The van der Waals surface area contributed by atoms with Crippen LogP contribution < -0.4 is 10.6 Å². The number of halogens is 1. The highest BCUT2D eigenvalue weighted by Crippen LogP contribution is 2.31. The minimum absolute atomic E-state index is 0.163. The van der Waals surface area contributed by atoms with Crippen molar-refractivity contribution in [2.75, 3.05) is 18.5 Å². The van der Waals surface area contributed by atoms with E-state index in [0.29, 0.717) is 11.6 Å². The minimum atomic E-state index is -0.163. The molecule has 2 aromatic rings. The van der Waals surface area contributed by atoms with Crippen LogP contribution in [0.15, 0.2) is 17.1 Å². The van der Waals surface area contributed by atoms with E-state index in [1.165, 1.54) is 4.68 Å². The highest BCUT2D eigenvalue weighted by Gasteiger charge is 2.23. The number of hydrogen-bond donors (Lipinski definition) is 0. The summed E-state index contributed by atoms with van der Waals surface area (Å²) >= 11 is 6.14. The Kier molecular flexibility index (Phi) is 2.41. The highest BCUT2D eigenvalue weighted by atomic mass is 35.5. The Labute approximate surface area is 108 Å². The van der Waals surface area contributed by atoms with Gasteiger partial charge < -0.3 is 4.90 Å². The molecule has 7 heteroatoms. The van der Waals surface area contributed by atoms with Crippen molar-refractivity contribution >= 4 is 17.3 Å². The Morgan fingerprint density at radius 2 is 2.17 bits per heavy atom. The summed E-state index contributed by atoms with van der Waals surface area (Å²) in [4.78, 5) is 18.2. The van der Waals surface area contributed by atoms with Crippen molar-refractivity contribution in [3.05, 3.63) is 33.7 Å². The lowest BCUT2D eigenvalue weighted by Gasteiger charge is -2.19. The zero-order chi connectivity index (χ0) is 12.9. The van der Waals surface area contributed by atoms with Crippen LogP contribution in [-0.4, -0.2) is 32.9 Å². The van der Waals surface area contributed by atoms with Crippen LogP contribution in [0.1, 0.15) is 5.82 Å². The molecule has 3 heterocycles. The lowest BCUT2D eigenvalue weighted by atomic mass is 10.3. The molecule has 2 aromatic heterocycles. The average molecular weight is 266 g/mol. The largest absolute Gasteiger partial charge is 0.370 e. The zero-order valence-corrected chi connectivity index (χ0v) is 10.8. The van der Waals surface area contributed by atoms with Crippen LogP contribution in [0.2, 0.25) is 5.15 Å². The van der Waals surface area contributed by atoms with Crippen LogP contribution in [0.5, 0.6) is 0 Å². The molecular formula is C11H12ClN5O. The third-order valence-electron chi connectivity index (χ3n) is 3.14. The second-order valence-electron chi connectivity index (χ2n) is 4.30. The molecular weight excluding hydrogens is 254 g/mol. The van der Waals surface area contributed by atoms with Gasteiger partial charge in [0.1, 0.15) is 5.82 Å². The molecule has 0 atom stereocenters. The van der Waals surface area contributed by atoms with E-state index < -0.39 is 0 Å². The van der Waals surface area contributed by atoms with Gasteiger partial charge in [0.2, 0.25) is 0 Å². The fourth-order valence-electron chi connectivity index (χ4n) is 2.25. The number of nitrogens with zero attached hydrogens (tertiary/aromatic N) is 5. The van der Waals surface area contributed by atoms with E-state index in [1.807, 2.05) is 11.9 Å². The third-order valence-corrected chi connectivity index (χ3v) is 3.42. The smallest absolute Gasteiger partial charge is 0.350 e. The lowest BCUT2D eigenvalue weighted by Crippen LogP contribution is -2.23. The van der Waals surface area contributed by atoms with Crippen LogP contribution >= 0.6 is 11.6 Å². The summed E-state index contributed by atoms with van der Waals surface area (Å²) in [6.07, 6.45) is 2.29. The van der Waals surface area contributed by atoms with E-state index in [9.17, 15) is 4.79 Å². The van der Waals surface area contributed by atoms with Gasteiger partial charge in [0.05, 0.1) is 11.4 Å². The number of pyridine rings is 1. The number of rotatable bonds is 0. The molecule has 3 rings (SSSR count). The average Bonchev–Trinajstić information content (AvgIpc) is 2.52. The first kappa shape index (κ1) is 11.3. The van der Waals surface area contributed by atoms with Crippen molar-refractivity contribution in [3.63, 3.8) is 0 Å². The molecule has 0 amide bonds. The normalized spacial score (nSPS) is 14.1. The van der Waals surface area contributed by atoms with Gasteiger partial charge in [-0.05, 0) is 6.07 Å². The Bertz CT molecular complexity index is 675. The Balaban J connectivity index is 2.39. The molecule has 1 aliphatic heterocycles. The fraction of sp³-hybridized carbons (Fsp3) is 0.364. The Hall–Kier alpha value is -1.82. The summed E-state index contributed by atoms with van der Waals surface area (Å²) in [5.41, 5.74) is 1.35. The maximum Gasteiger partial charge on any atom is 0.350 e. The molecule has 0 aliphatic carbocycles. The summed E-state index contributed by atoms with van der Waals surface area (Å²) in [5, 5.41) is 4.65. The van der Waals surface area contributed by atoms with Gasteiger partial charge in [0, 0.05) is 33.3 Å². The molecule has 0 bridgehead atoms. The molecule has 0 radical (unpaired) electrons. The second-order valence-corrected chi connectivity index (χ2v) is 4.66. The van der Waals surface area contributed by atoms with Gasteiger partial charge in [-0.1, -0.05) is 11.6 Å². The van der Waals surface area contributed by atoms with E-state index in [0.717, 1.165) is 23.7 Å². The van der Waals surface area contributed by atoms with Crippen LogP contribution in [0.25, 0.3) is 5.69 Å². The molecule has 0 unspecified atom stereocenters. The van der Waals surface area contributed by atoms with Crippen molar-refractivity contribution in [3.8, 4) is 5.69 Å². The van der Waals surface area contributed by atoms with E-state index in [-0.39, 0.29) is 5.69 Å². The molecule has 1 aliphatic rings. The standard InChI is InChI=1S/C11H12ClN5O/c1-15-6-4-8-14-16(2)11(18)17(8)7-3-5-13-10(12)9(7)15/h3,5H,4,6H2,1-2H3. The Morgan fingerprint density at radius 3 is 2.94 bits per heavy atom. The predicted octanol–water partition coefficient (Wildman–Crippen LogP) is 0.612. The van der Waals surface area contributed by atoms with Gasteiger partial charge in [0.15, 0.2) is 5.15 Å². The van der Waals surface area contributed by atoms with Crippen molar-refractivity contribution in [1.82, 2.24) is 19.3 Å². The fourth-order valence-corrected chi connectivity index (χ4v) is 2.55. The number of aryl methyl sites for hydroxylation is 1. The summed E-state index contributed by atoms with van der Waals surface area (Å²) in [6, 6.07) is 1.79. The van der Waals surface area contributed by atoms with Gasteiger partial charge in [-0.2, -0.15) is 5.10 Å². The maximum atomic E-state index is 12.1. The topological polar surface area (TPSA) is 56.0 Å². The van der Waals surface area contributed by atoms with Gasteiger partial charge >= 0.3 is 5.69 Å². The molecule has 0 saturated carbocycles. The van der Waals surface area contributed by atoms with E-state index in [4.69, 9.17) is 11.6 Å². The molecule has 0 spiro atoms. The number of fused-ring (bicyclic) bond motifs is 3. The predicted molar refractivity (Wildman–Crippen MR) is 68.6 cm³/mol. The van der Waals surface area contributed by atoms with Crippen molar-refractivity contribution in [1.29, 1.82) is 0 Å². The molecule has 0 aromatic carbocycles. The van der Waals surface area contributed by atoms with Crippen LogP contribution in [-0.2, 0) is 13.5 Å². The number of anilines is 1. The lowest BCUT2D eigenvalue weighted by molar-refractivity contribution is 0.711. The van der Waals surface area contributed by atoms with Gasteiger partial charge in [-0.3, -0.25) is 0 Å². The first-order valence-corrected chi connectivity index (χ1v) is 5.98. The van der Waals surface area contributed by atoms with Gasteiger partial charge in [-0.25, -0.2) is 19.0 Å². The molecule has 18 heavy (non-hydrogen) atoms. The molecule has 0 saturated heterocycles. The number of aromatic nitrogens is 4. The Morgan fingerprint density at radius 1 is 1.39 bits per heavy atom. The number of hydrogen-bond acceptors (Lipinski definition) is 4. The third kappa shape index (κ3) is 1.45. The molecule has 0 fully saturated rings. The summed E-state index contributed by atoms with van der Waals surface area (Å²) in [5.74, 6) is 0.746. The molecule has 6 nitrogen and oxygen atoms in total. The highest BCUT2D eigenvalue weighted by molar-refractivity contribution is 6.32. The number of likely N-dealkylation sites (N-methyl/N-ethyl adjacent to an activating group) is 1. The minimum Gasteiger partial charge on any atom is -0.370 e. The molecule has 0 N–H and O–H groups in total. The van der Waals surface area contributed by atoms with E-state index in [2.05, 4.69) is 10.1 Å². The van der Waals surface area contributed by atoms with E-state index in [1.54, 1.807) is 23.9 Å². The van der Waals surface area contributed by atoms with Gasteiger partial charge in [-0.15, -0.1) is 0 Å². The van der Waals surface area contributed by atoms with Crippen LogP contribution in [0.4, 0.5) is 5.69 Å². The molecule has 94 valence electrons. The summed E-state index contributed by atoms with van der Waals surface area (Å²) in [7, 11) is 3.58. The quantitative estimate of drug-likeness (QED) is 0.655. The second kappa shape index (κ2) is 3.84. The SMILES string of the molecule is CN1CCc2nn(C)c(=O)n2-c2ccnc(Cl)c21. The van der Waals surface area contributed by atoms with Gasteiger partial charge in [0.25, 0.3) is 0 Å². The van der Waals surface area contributed by atoms with E-state index >= 15 is 0 Å². The van der Waals surface area contributed by atoms with Crippen LogP contribution in [0.3, 0.4) is 0 Å². The maximum absolute atomic E-state index is 12.1. The first-order chi connectivity index (χ1) is 8.59.